The minimum atomic E-state index is 0.551. The van der Waals surface area contributed by atoms with Crippen LogP contribution in [-0.2, 0) is 6.54 Å². The Morgan fingerprint density at radius 1 is 1.33 bits per heavy atom. The third-order valence-corrected chi connectivity index (χ3v) is 2.83. The first-order chi connectivity index (χ1) is 8.69. The van der Waals surface area contributed by atoms with Gasteiger partial charge in [0.2, 0.25) is 5.88 Å². The fourth-order valence-electron chi connectivity index (χ4n) is 1.64. The highest BCUT2D eigenvalue weighted by Gasteiger charge is 2.04. The number of ether oxygens (including phenoxy) is 1. The van der Waals surface area contributed by atoms with E-state index in [2.05, 4.69) is 10.3 Å². The van der Waals surface area contributed by atoms with Crippen molar-refractivity contribution in [2.24, 2.45) is 0 Å². The summed E-state index contributed by atoms with van der Waals surface area (Å²) in [4.78, 5) is 4.16. The van der Waals surface area contributed by atoms with Gasteiger partial charge in [0.1, 0.15) is 5.75 Å². The van der Waals surface area contributed by atoms with Crippen molar-refractivity contribution in [3.05, 3.63) is 52.7 Å². The predicted molar refractivity (Wildman–Crippen MR) is 73.3 cm³/mol. The van der Waals surface area contributed by atoms with Gasteiger partial charge in [0.05, 0.1) is 5.02 Å². The molecule has 0 radical (unpaired) electrons. The monoisotopic (exact) mass is 262 g/mol. The highest BCUT2D eigenvalue weighted by molar-refractivity contribution is 6.31. The predicted octanol–water partition coefficient (Wildman–Crippen LogP) is 3.56. The highest BCUT2D eigenvalue weighted by Crippen LogP contribution is 2.24. The third-order valence-electron chi connectivity index (χ3n) is 2.49. The number of benzene rings is 1. The average Bonchev–Trinajstić information content (AvgIpc) is 2.34. The molecule has 2 aromatic rings. The summed E-state index contributed by atoms with van der Waals surface area (Å²) in [7, 11) is 1.87. The van der Waals surface area contributed by atoms with E-state index >= 15 is 0 Å². The molecule has 0 bridgehead atoms. The summed E-state index contributed by atoms with van der Waals surface area (Å²) in [5, 5.41) is 3.70. The van der Waals surface area contributed by atoms with Crippen LogP contribution in [0, 0.1) is 6.92 Å². The smallest absolute Gasteiger partial charge is 0.219 e. The maximum absolute atomic E-state index is 6.05. The minimum absolute atomic E-state index is 0.551. The number of hydrogen-bond donors (Lipinski definition) is 1. The molecular weight excluding hydrogens is 248 g/mol. The van der Waals surface area contributed by atoms with E-state index in [1.807, 2.05) is 44.3 Å². The zero-order valence-electron chi connectivity index (χ0n) is 10.4. The van der Waals surface area contributed by atoms with E-state index in [0.717, 1.165) is 16.9 Å². The van der Waals surface area contributed by atoms with Crippen molar-refractivity contribution in [2.45, 2.75) is 13.5 Å². The molecule has 1 N–H and O–H groups in total. The molecule has 0 spiro atoms. The van der Waals surface area contributed by atoms with Crippen LogP contribution >= 0.6 is 11.6 Å². The van der Waals surface area contributed by atoms with Gasteiger partial charge in [-0.05, 0) is 37.2 Å². The average molecular weight is 263 g/mol. The Labute approximate surface area is 112 Å². The van der Waals surface area contributed by atoms with Gasteiger partial charge in [-0.15, -0.1) is 0 Å². The fourth-order valence-corrected chi connectivity index (χ4v) is 1.81. The largest absolute Gasteiger partial charge is 0.439 e. The molecule has 3 nitrogen and oxygen atoms in total. The van der Waals surface area contributed by atoms with Crippen molar-refractivity contribution in [3.8, 4) is 11.6 Å². The van der Waals surface area contributed by atoms with Crippen molar-refractivity contribution in [3.63, 3.8) is 0 Å². The van der Waals surface area contributed by atoms with Crippen LogP contribution in [0.1, 0.15) is 11.1 Å². The standard InChI is InChI=1S/C14H15ClN2O/c1-10-4-3-5-12(6-10)18-14-7-11(8-16-2)13(15)9-17-14/h3-7,9,16H,8H2,1-2H3. The summed E-state index contributed by atoms with van der Waals surface area (Å²) >= 11 is 6.05. The summed E-state index contributed by atoms with van der Waals surface area (Å²) in [6.07, 6.45) is 1.61. The van der Waals surface area contributed by atoms with Gasteiger partial charge in [-0.2, -0.15) is 0 Å². The molecule has 0 atom stereocenters. The summed E-state index contributed by atoms with van der Waals surface area (Å²) in [6, 6.07) is 9.69. The molecule has 94 valence electrons. The summed E-state index contributed by atoms with van der Waals surface area (Å²) in [5.41, 5.74) is 2.12. The fraction of sp³-hybridized carbons (Fsp3) is 0.214. The van der Waals surface area contributed by atoms with Crippen molar-refractivity contribution in [2.75, 3.05) is 7.05 Å². The van der Waals surface area contributed by atoms with Crippen LogP contribution in [-0.4, -0.2) is 12.0 Å². The van der Waals surface area contributed by atoms with Gasteiger partial charge in [0.25, 0.3) is 0 Å². The molecule has 2 rings (SSSR count). The lowest BCUT2D eigenvalue weighted by molar-refractivity contribution is 0.461. The van der Waals surface area contributed by atoms with E-state index in [1.165, 1.54) is 0 Å². The van der Waals surface area contributed by atoms with Gasteiger partial charge in [-0.25, -0.2) is 4.98 Å². The first kappa shape index (κ1) is 12.9. The van der Waals surface area contributed by atoms with E-state index in [0.29, 0.717) is 17.4 Å². The van der Waals surface area contributed by atoms with Gasteiger partial charge in [0, 0.05) is 18.8 Å². The number of rotatable bonds is 4. The topological polar surface area (TPSA) is 34.1 Å². The number of hydrogen-bond acceptors (Lipinski definition) is 3. The number of halogens is 1. The molecule has 1 heterocycles. The highest BCUT2D eigenvalue weighted by atomic mass is 35.5. The number of aryl methyl sites for hydroxylation is 1. The van der Waals surface area contributed by atoms with Crippen molar-refractivity contribution < 1.29 is 4.74 Å². The van der Waals surface area contributed by atoms with Crippen LogP contribution in [0.4, 0.5) is 0 Å². The molecule has 0 aliphatic heterocycles. The molecule has 0 saturated carbocycles. The molecule has 0 fully saturated rings. The Bertz CT molecular complexity index is 543. The second kappa shape index (κ2) is 5.85. The maximum atomic E-state index is 6.05. The minimum Gasteiger partial charge on any atom is -0.439 e. The molecule has 0 aliphatic rings. The lowest BCUT2D eigenvalue weighted by atomic mass is 10.2. The SMILES string of the molecule is CNCc1cc(Oc2cccc(C)c2)ncc1Cl. The lowest BCUT2D eigenvalue weighted by Crippen LogP contribution is -2.06. The van der Waals surface area contributed by atoms with Crippen LogP contribution < -0.4 is 10.1 Å². The quantitative estimate of drug-likeness (QED) is 0.915. The van der Waals surface area contributed by atoms with E-state index in [1.54, 1.807) is 6.20 Å². The van der Waals surface area contributed by atoms with Crippen LogP contribution in [0.5, 0.6) is 11.6 Å². The van der Waals surface area contributed by atoms with Gasteiger partial charge < -0.3 is 10.1 Å². The second-order valence-corrected chi connectivity index (χ2v) is 4.47. The first-order valence-corrected chi connectivity index (χ1v) is 6.10. The number of aromatic nitrogens is 1. The Morgan fingerprint density at radius 2 is 2.17 bits per heavy atom. The third kappa shape index (κ3) is 3.22. The van der Waals surface area contributed by atoms with Crippen LogP contribution in [0.25, 0.3) is 0 Å². The van der Waals surface area contributed by atoms with E-state index < -0.39 is 0 Å². The van der Waals surface area contributed by atoms with E-state index in [9.17, 15) is 0 Å². The molecule has 0 saturated heterocycles. The van der Waals surface area contributed by atoms with Gasteiger partial charge in [-0.1, -0.05) is 23.7 Å². The van der Waals surface area contributed by atoms with Crippen molar-refractivity contribution in [1.82, 2.24) is 10.3 Å². The molecule has 18 heavy (non-hydrogen) atoms. The summed E-state index contributed by atoms with van der Waals surface area (Å²) in [6.45, 7) is 2.71. The normalized spacial score (nSPS) is 10.4. The van der Waals surface area contributed by atoms with Crippen LogP contribution in [0.3, 0.4) is 0 Å². The summed E-state index contributed by atoms with van der Waals surface area (Å²) in [5.74, 6) is 1.33. The zero-order chi connectivity index (χ0) is 13.0. The summed E-state index contributed by atoms with van der Waals surface area (Å²) < 4.78 is 5.70. The lowest BCUT2D eigenvalue weighted by Gasteiger charge is -2.08. The van der Waals surface area contributed by atoms with Crippen molar-refractivity contribution in [1.29, 1.82) is 0 Å². The second-order valence-electron chi connectivity index (χ2n) is 4.06. The van der Waals surface area contributed by atoms with Gasteiger partial charge >= 0.3 is 0 Å². The van der Waals surface area contributed by atoms with Crippen LogP contribution in [0.15, 0.2) is 36.5 Å². The molecule has 0 aliphatic carbocycles. The molecule has 0 unspecified atom stereocenters. The van der Waals surface area contributed by atoms with E-state index in [-0.39, 0.29) is 0 Å². The molecule has 0 amide bonds. The van der Waals surface area contributed by atoms with Gasteiger partial charge in [-0.3, -0.25) is 0 Å². The molecule has 1 aromatic heterocycles. The first-order valence-electron chi connectivity index (χ1n) is 5.72. The van der Waals surface area contributed by atoms with Crippen molar-refractivity contribution >= 4 is 11.6 Å². The Balaban J connectivity index is 2.21. The number of pyridine rings is 1. The van der Waals surface area contributed by atoms with E-state index in [4.69, 9.17) is 16.3 Å². The Kier molecular flexibility index (Phi) is 4.18. The number of nitrogens with one attached hydrogen (secondary N) is 1. The maximum Gasteiger partial charge on any atom is 0.219 e. The Hall–Kier alpha value is -1.58. The number of nitrogens with zero attached hydrogens (tertiary/aromatic N) is 1. The molecular formula is C14H15ClN2O. The zero-order valence-corrected chi connectivity index (χ0v) is 11.2. The van der Waals surface area contributed by atoms with Gasteiger partial charge in [0.15, 0.2) is 0 Å². The molecule has 4 heteroatoms. The van der Waals surface area contributed by atoms with Crippen LogP contribution in [0.2, 0.25) is 5.02 Å². The Morgan fingerprint density at radius 3 is 2.89 bits per heavy atom. The molecule has 1 aromatic carbocycles.